The van der Waals surface area contributed by atoms with Gasteiger partial charge in [0.05, 0.1) is 5.69 Å². The fourth-order valence-electron chi connectivity index (χ4n) is 1.39. The molecule has 0 aliphatic carbocycles. The fourth-order valence-corrected chi connectivity index (χ4v) is 1.39. The molecule has 3 N–H and O–H groups in total. The molecule has 0 aliphatic heterocycles. The zero-order valence-corrected chi connectivity index (χ0v) is 9.74. The minimum atomic E-state index is -2.04. The topological polar surface area (TPSA) is 71.0 Å². The zero-order valence-electron chi connectivity index (χ0n) is 9.74. The molecule has 0 aliphatic rings. The first-order chi connectivity index (χ1) is 9.41. The molecule has 0 amide bonds. The average molecular weight is 285 g/mol. The number of hydrogen-bond acceptors (Lipinski definition) is 4. The number of azo groups is 1. The highest BCUT2D eigenvalue weighted by molar-refractivity contribution is 5.52. The Bertz CT molecular complexity index is 674. The lowest BCUT2D eigenvalue weighted by atomic mass is 10.2. The second kappa shape index (κ2) is 5.16. The van der Waals surface area contributed by atoms with Gasteiger partial charge in [-0.1, -0.05) is 6.07 Å². The molecule has 0 bridgehead atoms. The van der Waals surface area contributed by atoms with Gasteiger partial charge in [-0.05, 0) is 18.2 Å². The van der Waals surface area contributed by atoms with E-state index in [0.717, 1.165) is 0 Å². The van der Waals surface area contributed by atoms with Gasteiger partial charge in [0, 0.05) is 5.69 Å². The van der Waals surface area contributed by atoms with E-state index < -0.39 is 34.7 Å². The number of nitrogens with zero attached hydrogens (tertiary/aromatic N) is 2. The van der Waals surface area contributed by atoms with E-state index in [4.69, 9.17) is 10.8 Å². The summed E-state index contributed by atoms with van der Waals surface area (Å²) in [5.74, 6) is -9.35. The number of benzene rings is 2. The first-order valence-corrected chi connectivity index (χ1v) is 5.24. The number of nitrogens with two attached hydrogens (primary N) is 1. The van der Waals surface area contributed by atoms with Crippen molar-refractivity contribution in [2.24, 2.45) is 10.2 Å². The van der Waals surface area contributed by atoms with E-state index in [0.29, 0.717) is 5.69 Å². The number of phenolic OH excluding ortho intramolecular Hbond substituents is 1. The first-order valence-electron chi connectivity index (χ1n) is 5.24. The lowest BCUT2D eigenvalue weighted by molar-refractivity contribution is 0.360. The van der Waals surface area contributed by atoms with Gasteiger partial charge in [0.1, 0.15) is 0 Å². The number of rotatable bonds is 2. The second-order valence-electron chi connectivity index (χ2n) is 3.75. The molecule has 0 aromatic heterocycles. The van der Waals surface area contributed by atoms with Gasteiger partial charge in [0.2, 0.25) is 11.6 Å². The molecule has 0 atom stereocenters. The van der Waals surface area contributed by atoms with Crippen molar-refractivity contribution in [2.75, 3.05) is 5.73 Å². The van der Waals surface area contributed by atoms with E-state index in [9.17, 15) is 17.6 Å². The van der Waals surface area contributed by atoms with Crippen molar-refractivity contribution in [3.8, 4) is 5.75 Å². The third kappa shape index (κ3) is 2.40. The highest BCUT2D eigenvalue weighted by Gasteiger charge is 2.25. The molecule has 2 aromatic rings. The Hall–Kier alpha value is -2.64. The van der Waals surface area contributed by atoms with E-state index in [1.807, 2.05) is 0 Å². The highest BCUT2D eigenvalue weighted by Crippen LogP contribution is 2.35. The Balaban J connectivity index is 2.49. The standard InChI is InChI=1S/C12H7F4N3O/c13-7-8(14)11(10(16)12(20)9(7)15)19-18-6-3-1-2-5(17)4-6/h1-4,20H,17H2. The lowest BCUT2D eigenvalue weighted by Crippen LogP contribution is -1.95. The van der Waals surface area contributed by atoms with Crippen molar-refractivity contribution in [3.05, 3.63) is 47.5 Å². The molecule has 0 spiro atoms. The van der Waals surface area contributed by atoms with Crippen molar-refractivity contribution >= 4 is 17.1 Å². The summed E-state index contributed by atoms with van der Waals surface area (Å²) >= 11 is 0. The quantitative estimate of drug-likeness (QED) is 0.288. The molecule has 0 unspecified atom stereocenters. The maximum atomic E-state index is 13.4. The van der Waals surface area contributed by atoms with E-state index in [-0.39, 0.29) is 5.69 Å². The zero-order chi connectivity index (χ0) is 14.9. The van der Waals surface area contributed by atoms with E-state index in [2.05, 4.69) is 10.2 Å². The average Bonchev–Trinajstić information content (AvgIpc) is 2.43. The first kappa shape index (κ1) is 13.8. The van der Waals surface area contributed by atoms with Gasteiger partial charge in [0.25, 0.3) is 0 Å². The Morgan fingerprint density at radius 3 is 2.25 bits per heavy atom. The van der Waals surface area contributed by atoms with Crippen LogP contribution in [0, 0.1) is 23.3 Å². The van der Waals surface area contributed by atoms with E-state index in [1.54, 1.807) is 6.07 Å². The Kier molecular flexibility index (Phi) is 3.55. The van der Waals surface area contributed by atoms with E-state index >= 15 is 0 Å². The number of phenols is 1. The predicted molar refractivity (Wildman–Crippen MR) is 63.0 cm³/mol. The number of hydrogen-bond donors (Lipinski definition) is 2. The van der Waals surface area contributed by atoms with Crippen molar-refractivity contribution < 1.29 is 22.7 Å². The summed E-state index contributed by atoms with van der Waals surface area (Å²) in [4.78, 5) is 0. The minimum Gasteiger partial charge on any atom is -0.503 e. The summed E-state index contributed by atoms with van der Waals surface area (Å²) in [6.45, 7) is 0. The maximum absolute atomic E-state index is 13.4. The van der Waals surface area contributed by atoms with Gasteiger partial charge in [-0.3, -0.25) is 0 Å². The third-order valence-corrected chi connectivity index (χ3v) is 2.35. The molecule has 2 aromatic carbocycles. The number of nitrogen functional groups attached to an aromatic ring is 1. The SMILES string of the molecule is Nc1cccc(N=Nc2c(F)c(O)c(F)c(F)c2F)c1. The molecule has 4 nitrogen and oxygen atoms in total. The van der Waals surface area contributed by atoms with Gasteiger partial charge >= 0.3 is 0 Å². The van der Waals surface area contributed by atoms with Gasteiger partial charge in [-0.15, -0.1) is 5.11 Å². The summed E-state index contributed by atoms with van der Waals surface area (Å²) in [6, 6.07) is 5.83. The van der Waals surface area contributed by atoms with Crippen LogP contribution in [-0.2, 0) is 0 Å². The molecule has 0 saturated carbocycles. The smallest absolute Gasteiger partial charge is 0.206 e. The van der Waals surface area contributed by atoms with E-state index in [1.165, 1.54) is 18.2 Å². The van der Waals surface area contributed by atoms with Crippen LogP contribution in [0.3, 0.4) is 0 Å². The van der Waals surface area contributed by atoms with Gasteiger partial charge in [0.15, 0.2) is 23.1 Å². The molecule has 2 rings (SSSR count). The summed E-state index contributed by atoms with van der Waals surface area (Å²) in [5.41, 5.74) is 4.70. The molecule has 0 radical (unpaired) electrons. The van der Waals surface area contributed by atoms with Crippen molar-refractivity contribution in [3.63, 3.8) is 0 Å². The largest absolute Gasteiger partial charge is 0.503 e. The Morgan fingerprint density at radius 2 is 1.60 bits per heavy atom. The summed E-state index contributed by atoms with van der Waals surface area (Å²) in [6.07, 6.45) is 0. The number of aromatic hydroxyl groups is 1. The summed E-state index contributed by atoms with van der Waals surface area (Å²) in [5, 5.41) is 15.5. The highest BCUT2D eigenvalue weighted by atomic mass is 19.2. The molecule has 0 heterocycles. The van der Waals surface area contributed by atoms with Crippen molar-refractivity contribution in [1.29, 1.82) is 0 Å². The molecular formula is C12H7F4N3O. The normalized spacial score (nSPS) is 11.2. The van der Waals surface area contributed by atoms with Crippen molar-refractivity contribution in [1.82, 2.24) is 0 Å². The third-order valence-electron chi connectivity index (χ3n) is 2.35. The Labute approximate surface area is 110 Å². The molecular weight excluding hydrogens is 278 g/mol. The van der Waals surface area contributed by atoms with Crippen LogP contribution in [0.1, 0.15) is 0 Å². The monoisotopic (exact) mass is 285 g/mol. The maximum Gasteiger partial charge on any atom is 0.206 e. The van der Waals surface area contributed by atoms with Crippen LogP contribution in [0.25, 0.3) is 0 Å². The number of halogens is 4. The molecule has 0 saturated heterocycles. The van der Waals surface area contributed by atoms with Crippen molar-refractivity contribution in [2.45, 2.75) is 0 Å². The summed E-state index contributed by atoms with van der Waals surface area (Å²) in [7, 11) is 0. The minimum absolute atomic E-state index is 0.146. The van der Waals surface area contributed by atoms with Gasteiger partial charge in [-0.2, -0.15) is 9.50 Å². The molecule has 104 valence electrons. The molecule has 20 heavy (non-hydrogen) atoms. The number of anilines is 1. The van der Waals surface area contributed by atoms with Crippen LogP contribution in [0.2, 0.25) is 0 Å². The molecule has 0 fully saturated rings. The lowest BCUT2D eigenvalue weighted by Gasteiger charge is -2.03. The Morgan fingerprint density at radius 1 is 0.900 bits per heavy atom. The van der Waals surface area contributed by atoms with Crippen LogP contribution in [0.4, 0.5) is 34.6 Å². The predicted octanol–water partition coefficient (Wildman–Crippen LogP) is 3.95. The van der Waals surface area contributed by atoms with Crippen LogP contribution in [-0.4, -0.2) is 5.11 Å². The van der Waals surface area contributed by atoms with Crippen LogP contribution >= 0.6 is 0 Å². The molecule has 8 heteroatoms. The van der Waals surface area contributed by atoms with Crippen LogP contribution in [0.5, 0.6) is 5.75 Å². The van der Waals surface area contributed by atoms with Crippen LogP contribution < -0.4 is 5.73 Å². The fraction of sp³-hybridized carbons (Fsp3) is 0. The second-order valence-corrected chi connectivity index (χ2v) is 3.75. The van der Waals surface area contributed by atoms with Gasteiger partial charge in [-0.25, -0.2) is 13.2 Å². The van der Waals surface area contributed by atoms with Crippen LogP contribution in [0.15, 0.2) is 34.5 Å². The summed E-state index contributed by atoms with van der Waals surface area (Å²) < 4.78 is 52.6. The van der Waals surface area contributed by atoms with Gasteiger partial charge < -0.3 is 10.8 Å².